The molecule has 2 heterocycles. The van der Waals surface area contributed by atoms with E-state index >= 15 is 0 Å². The molecule has 0 N–H and O–H groups in total. The van der Waals surface area contributed by atoms with E-state index in [4.69, 9.17) is 9.47 Å². The molecule has 8 nitrogen and oxygen atoms in total. The second-order valence-electron chi connectivity index (χ2n) is 8.92. The van der Waals surface area contributed by atoms with Crippen molar-refractivity contribution in [1.29, 1.82) is 0 Å². The maximum Gasteiger partial charge on any atom is 0.316 e. The Balaban J connectivity index is 1.33. The van der Waals surface area contributed by atoms with E-state index < -0.39 is 23.7 Å². The predicted octanol–water partition coefficient (Wildman–Crippen LogP) is 6.81. The van der Waals surface area contributed by atoms with Gasteiger partial charge in [0.25, 0.3) is 11.8 Å². The molecule has 0 bridgehead atoms. The highest BCUT2D eigenvalue weighted by molar-refractivity contribution is 9.15. The first-order valence-corrected chi connectivity index (χ1v) is 14.7. The number of carbonyl (C=O) groups excluding carboxylic acids is 4. The summed E-state index contributed by atoms with van der Waals surface area (Å²) in [6.45, 7) is 1.92. The highest BCUT2D eigenvalue weighted by Crippen LogP contribution is 2.46. The molecule has 3 aromatic rings. The number of rotatable bonds is 5. The van der Waals surface area contributed by atoms with Crippen molar-refractivity contribution in [2.75, 3.05) is 23.5 Å². The molecule has 3 aromatic carbocycles. The van der Waals surface area contributed by atoms with E-state index in [1.54, 1.807) is 55.3 Å². The Hall–Kier alpha value is -2.54. The lowest BCUT2D eigenvalue weighted by Crippen LogP contribution is -2.30. The highest BCUT2D eigenvalue weighted by atomic mass is 79.9. The van der Waals surface area contributed by atoms with Gasteiger partial charge in [0.15, 0.2) is 0 Å². The first-order chi connectivity index (χ1) is 18.5. The van der Waals surface area contributed by atoms with Gasteiger partial charge in [-0.3, -0.25) is 19.2 Å². The molecular formula is C27H18Br4N2O6. The van der Waals surface area contributed by atoms with Crippen LogP contribution in [0, 0.1) is 12.8 Å². The number of halogens is 4. The van der Waals surface area contributed by atoms with Gasteiger partial charge in [-0.1, -0.05) is 0 Å². The summed E-state index contributed by atoms with van der Waals surface area (Å²) >= 11 is 13.7. The minimum absolute atomic E-state index is 0.0336. The fourth-order valence-corrected chi connectivity index (χ4v) is 7.04. The van der Waals surface area contributed by atoms with E-state index in [1.807, 2.05) is 0 Å². The zero-order valence-corrected chi connectivity index (χ0v) is 26.7. The Bertz CT molecular complexity index is 1530. The third-order valence-corrected chi connectivity index (χ3v) is 11.3. The van der Waals surface area contributed by atoms with Crippen LogP contribution < -0.4 is 19.3 Å². The number of nitrogens with zero attached hydrogens (tertiary/aromatic N) is 2. The van der Waals surface area contributed by atoms with Gasteiger partial charge in [-0.2, -0.15) is 0 Å². The number of aryl methyl sites for hydroxylation is 1. The van der Waals surface area contributed by atoms with Crippen molar-refractivity contribution < 1.29 is 28.7 Å². The summed E-state index contributed by atoms with van der Waals surface area (Å²) in [6.07, 6.45) is 0.0336. The van der Waals surface area contributed by atoms with Gasteiger partial charge in [-0.05, 0) is 119 Å². The fraction of sp³-hybridized carbons (Fsp3) is 0.185. The normalized spacial score (nSPS) is 16.7. The number of fused-ring (bicyclic) bond motifs is 1. The van der Waals surface area contributed by atoms with Gasteiger partial charge in [-0.15, -0.1) is 0 Å². The van der Waals surface area contributed by atoms with Crippen LogP contribution in [-0.4, -0.2) is 37.3 Å². The molecule has 0 radical (unpaired) electrons. The monoisotopic (exact) mass is 782 g/mol. The van der Waals surface area contributed by atoms with Crippen molar-refractivity contribution >= 4 is 98.8 Å². The Labute approximate surface area is 257 Å². The number of hydrogen-bond donors (Lipinski definition) is 0. The Morgan fingerprint density at radius 2 is 1.41 bits per heavy atom. The van der Waals surface area contributed by atoms with Crippen molar-refractivity contribution in [3.8, 4) is 11.5 Å². The molecule has 5 rings (SSSR count). The van der Waals surface area contributed by atoms with Crippen LogP contribution in [0.4, 0.5) is 11.4 Å². The second-order valence-corrected chi connectivity index (χ2v) is 12.1. The first kappa shape index (κ1) is 28.0. The smallest absolute Gasteiger partial charge is 0.316 e. The number of ether oxygens (including phenoxy) is 2. The molecule has 0 aromatic heterocycles. The zero-order valence-electron chi connectivity index (χ0n) is 20.4. The van der Waals surface area contributed by atoms with E-state index in [0.29, 0.717) is 40.6 Å². The SMILES string of the molecule is COc1ccc(N2C[C@@H](C(=O)Oc3ccc(N4C(=O)c5c(Br)c(Br)c(Br)c(Br)c5C4=O)c(C)c3)CC2=O)cc1. The number of anilines is 2. The maximum atomic E-state index is 13.3. The Morgan fingerprint density at radius 1 is 0.846 bits per heavy atom. The lowest BCUT2D eigenvalue weighted by Gasteiger charge is -2.18. The van der Waals surface area contributed by atoms with Gasteiger partial charge in [0.1, 0.15) is 11.5 Å². The van der Waals surface area contributed by atoms with E-state index in [2.05, 4.69) is 63.7 Å². The third kappa shape index (κ3) is 4.85. The number of amides is 3. The summed E-state index contributed by atoms with van der Waals surface area (Å²) in [5.74, 6) is -1.38. The molecule has 1 fully saturated rings. The maximum absolute atomic E-state index is 13.3. The van der Waals surface area contributed by atoms with Crippen LogP contribution in [0.25, 0.3) is 0 Å². The molecule has 39 heavy (non-hydrogen) atoms. The third-order valence-electron chi connectivity index (χ3n) is 6.57. The van der Waals surface area contributed by atoms with Gasteiger partial charge in [0.2, 0.25) is 5.91 Å². The largest absolute Gasteiger partial charge is 0.497 e. The van der Waals surface area contributed by atoms with Crippen LogP contribution in [0.2, 0.25) is 0 Å². The standard InChI is InChI=1S/C27H18Br4N2O6/c1-12-9-16(39-27(37)13-10-18(34)32(11-13)14-3-5-15(38-2)6-4-14)7-8-17(12)33-25(35)19-20(26(33)36)22(29)24(31)23(30)21(19)28/h3-9,13H,10-11H2,1-2H3/t13-/m0/s1. The van der Waals surface area contributed by atoms with Crippen molar-refractivity contribution in [3.63, 3.8) is 0 Å². The number of imide groups is 1. The van der Waals surface area contributed by atoms with Gasteiger partial charge in [-0.25, -0.2) is 4.90 Å². The van der Waals surface area contributed by atoms with Crippen LogP contribution in [-0.2, 0) is 9.59 Å². The van der Waals surface area contributed by atoms with Crippen LogP contribution in [0.5, 0.6) is 11.5 Å². The molecule has 12 heteroatoms. The number of carbonyl (C=O) groups is 4. The quantitative estimate of drug-likeness (QED) is 0.0929. The first-order valence-electron chi connectivity index (χ1n) is 11.5. The molecule has 0 spiro atoms. The molecule has 2 aliphatic rings. The predicted molar refractivity (Wildman–Crippen MR) is 159 cm³/mol. The molecule has 1 atom stereocenters. The van der Waals surface area contributed by atoms with Gasteiger partial charge < -0.3 is 14.4 Å². The Morgan fingerprint density at radius 3 is 1.95 bits per heavy atom. The number of benzene rings is 3. The second kappa shape index (κ2) is 10.8. The van der Waals surface area contributed by atoms with Crippen LogP contribution in [0.15, 0.2) is 60.4 Å². The van der Waals surface area contributed by atoms with Crippen LogP contribution >= 0.6 is 63.7 Å². The van der Waals surface area contributed by atoms with Crippen LogP contribution in [0.3, 0.4) is 0 Å². The zero-order chi connectivity index (χ0) is 28.2. The molecule has 200 valence electrons. The minimum atomic E-state index is -0.637. The molecule has 2 aliphatic heterocycles. The minimum Gasteiger partial charge on any atom is -0.497 e. The van der Waals surface area contributed by atoms with Crippen molar-refractivity contribution in [1.82, 2.24) is 0 Å². The summed E-state index contributed by atoms with van der Waals surface area (Å²) in [4.78, 5) is 54.8. The van der Waals surface area contributed by atoms with Crippen molar-refractivity contribution in [2.24, 2.45) is 5.92 Å². The van der Waals surface area contributed by atoms with E-state index in [9.17, 15) is 19.2 Å². The van der Waals surface area contributed by atoms with Gasteiger partial charge in [0, 0.05) is 36.5 Å². The molecule has 3 amide bonds. The topological polar surface area (TPSA) is 93.2 Å². The molecule has 0 aliphatic carbocycles. The van der Waals surface area contributed by atoms with E-state index in [-0.39, 0.29) is 35.7 Å². The lowest BCUT2D eigenvalue weighted by atomic mass is 10.1. The lowest BCUT2D eigenvalue weighted by molar-refractivity contribution is -0.139. The average molecular weight is 786 g/mol. The summed E-state index contributed by atoms with van der Waals surface area (Å²) < 4.78 is 12.9. The molecule has 1 saturated heterocycles. The van der Waals surface area contributed by atoms with Gasteiger partial charge in [0.05, 0.1) is 29.8 Å². The van der Waals surface area contributed by atoms with E-state index in [0.717, 1.165) is 4.90 Å². The number of esters is 1. The van der Waals surface area contributed by atoms with E-state index in [1.165, 1.54) is 6.07 Å². The summed E-state index contributed by atoms with van der Waals surface area (Å²) in [5.41, 5.74) is 2.08. The highest BCUT2D eigenvalue weighted by Gasteiger charge is 2.42. The number of methoxy groups -OCH3 is 1. The number of hydrogen-bond acceptors (Lipinski definition) is 6. The Kier molecular flexibility index (Phi) is 7.75. The van der Waals surface area contributed by atoms with Gasteiger partial charge >= 0.3 is 5.97 Å². The van der Waals surface area contributed by atoms with Crippen LogP contribution in [0.1, 0.15) is 32.7 Å². The fourth-order valence-electron chi connectivity index (χ4n) is 4.59. The summed E-state index contributed by atoms with van der Waals surface area (Å²) in [7, 11) is 1.56. The molecular weight excluding hydrogens is 768 g/mol. The average Bonchev–Trinajstić information content (AvgIpc) is 3.43. The van der Waals surface area contributed by atoms with Crippen molar-refractivity contribution in [2.45, 2.75) is 13.3 Å². The summed E-state index contributed by atoms with van der Waals surface area (Å²) in [6, 6.07) is 11.7. The van der Waals surface area contributed by atoms with Crippen molar-refractivity contribution in [3.05, 3.63) is 77.0 Å². The summed E-state index contributed by atoms with van der Waals surface area (Å²) in [5, 5.41) is 0. The molecule has 0 unspecified atom stereocenters. The molecule has 0 saturated carbocycles.